The van der Waals surface area contributed by atoms with Gasteiger partial charge in [-0.05, 0) is 24.3 Å². The maximum Gasteiger partial charge on any atom is 0.393 e. The molecule has 0 aliphatic carbocycles. The summed E-state index contributed by atoms with van der Waals surface area (Å²) in [6.07, 6.45) is 0. The predicted molar refractivity (Wildman–Crippen MR) is 77.7 cm³/mol. The van der Waals surface area contributed by atoms with E-state index >= 15 is 0 Å². The monoisotopic (exact) mass is 274 g/mol. The lowest BCUT2D eigenvalue weighted by molar-refractivity contribution is -0.151. The Bertz CT molecular complexity index is 687. The van der Waals surface area contributed by atoms with Crippen LogP contribution in [0.15, 0.2) is 60.7 Å². The second kappa shape index (κ2) is 7.33. The molecule has 2 rings (SSSR count). The molecule has 100 valence electrons. The first kappa shape index (κ1) is 14.1. The van der Waals surface area contributed by atoms with Crippen LogP contribution in [0.25, 0.3) is 0 Å². The van der Waals surface area contributed by atoms with Crippen LogP contribution in [0.4, 0.5) is 0 Å². The third kappa shape index (κ3) is 5.06. The van der Waals surface area contributed by atoms with Crippen molar-refractivity contribution in [2.24, 2.45) is 0 Å². The van der Waals surface area contributed by atoms with Gasteiger partial charge in [0.05, 0.1) is 0 Å². The summed E-state index contributed by atoms with van der Waals surface area (Å²) in [6.45, 7) is 0. The van der Waals surface area contributed by atoms with Crippen molar-refractivity contribution in [3.63, 3.8) is 0 Å². The highest BCUT2D eigenvalue weighted by Crippen LogP contribution is 1.96. The molecule has 0 aliphatic heterocycles. The molecule has 0 aliphatic rings. The fourth-order valence-electron chi connectivity index (χ4n) is 1.42. The minimum Gasteiger partial charge on any atom is -0.373 e. The zero-order chi connectivity index (χ0) is 14.9. The molecule has 2 aromatic rings. The molecular weight excluding hydrogens is 264 g/mol. The van der Waals surface area contributed by atoms with Gasteiger partial charge >= 0.3 is 11.9 Å². The largest absolute Gasteiger partial charge is 0.393 e. The predicted octanol–water partition coefficient (Wildman–Crippen LogP) is 2.16. The van der Waals surface area contributed by atoms with Gasteiger partial charge in [-0.3, -0.25) is 0 Å². The molecule has 0 fully saturated rings. The van der Waals surface area contributed by atoms with Crippen molar-refractivity contribution in [1.29, 1.82) is 0 Å². The summed E-state index contributed by atoms with van der Waals surface area (Å²) < 4.78 is 4.47. The molecule has 0 heterocycles. The first-order valence-corrected chi connectivity index (χ1v) is 6.14. The van der Waals surface area contributed by atoms with Crippen LogP contribution in [0.1, 0.15) is 11.1 Å². The third-order valence-electron chi connectivity index (χ3n) is 2.35. The van der Waals surface area contributed by atoms with Crippen molar-refractivity contribution in [3.8, 4) is 23.7 Å². The Hall–Kier alpha value is -3.30. The number of hydrogen-bond donors (Lipinski definition) is 0. The van der Waals surface area contributed by atoms with Crippen molar-refractivity contribution in [2.45, 2.75) is 0 Å². The van der Waals surface area contributed by atoms with Crippen LogP contribution in [-0.4, -0.2) is 11.9 Å². The van der Waals surface area contributed by atoms with Gasteiger partial charge in [-0.25, -0.2) is 9.59 Å². The quantitative estimate of drug-likeness (QED) is 0.420. The minimum absolute atomic E-state index is 0.664. The molecule has 0 saturated heterocycles. The molecule has 3 nitrogen and oxygen atoms in total. The smallest absolute Gasteiger partial charge is 0.373 e. The van der Waals surface area contributed by atoms with Gasteiger partial charge in [-0.15, -0.1) is 0 Å². The lowest BCUT2D eigenvalue weighted by Crippen LogP contribution is -2.08. The molecule has 0 aromatic heterocycles. The first-order chi connectivity index (χ1) is 10.2. The van der Waals surface area contributed by atoms with E-state index in [-0.39, 0.29) is 0 Å². The lowest BCUT2D eigenvalue weighted by Gasteiger charge is -1.90. The van der Waals surface area contributed by atoms with Gasteiger partial charge < -0.3 is 4.74 Å². The summed E-state index contributed by atoms with van der Waals surface area (Å²) in [4.78, 5) is 22.7. The second-order valence-corrected chi connectivity index (χ2v) is 3.91. The molecule has 0 unspecified atom stereocenters. The lowest BCUT2D eigenvalue weighted by atomic mass is 10.2. The Labute approximate surface area is 122 Å². The van der Waals surface area contributed by atoms with Gasteiger partial charge in [-0.2, -0.15) is 0 Å². The van der Waals surface area contributed by atoms with Crippen LogP contribution in [0.3, 0.4) is 0 Å². The van der Waals surface area contributed by atoms with Crippen molar-refractivity contribution in [2.75, 3.05) is 0 Å². The number of carbonyl (C=O) groups is 2. The van der Waals surface area contributed by atoms with Crippen molar-refractivity contribution in [1.82, 2.24) is 0 Å². The van der Waals surface area contributed by atoms with E-state index in [0.29, 0.717) is 11.1 Å². The molecule has 0 atom stereocenters. The van der Waals surface area contributed by atoms with E-state index in [1.54, 1.807) is 48.5 Å². The molecule has 3 heteroatoms. The normalized spacial score (nSPS) is 8.57. The van der Waals surface area contributed by atoms with Crippen LogP contribution in [0.2, 0.25) is 0 Å². The maximum atomic E-state index is 11.4. The summed E-state index contributed by atoms with van der Waals surface area (Å²) in [5, 5.41) is 0. The summed E-state index contributed by atoms with van der Waals surface area (Å²) in [5.41, 5.74) is 1.33. The molecule has 2 aromatic carbocycles. The summed E-state index contributed by atoms with van der Waals surface area (Å²) >= 11 is 0. The van der Waals surface area contributed by atoms with Crippen LogP contribution >= 0.6 is 0 Å². The molecule has 0 amide bonds. The van der Waals surface area contributed by atoms with E-state index in [0.717, 1.165) is 0 Å². The van der Waals surface area contributed by atoms with E-state index < -0.39 is 11.9 Å². The number of hydrogen-bond acceptors (Lipinski definition) is 3. The number of ether oxygens (including phenoxy) is 1. The Morgan fingerprint density at radius 2 is 1.05 bits per heavy atom. The molecule has 0 saturated carbocycles. The zero-order valence-electron chi connectivity index (χ0n) is 11.0. The van der Waals surface area contributed by atoms with E-state index in [1.807, 2.05) is 12.1 Å². The van der Waals surface area contributed by atoms with Gasteiger partial charge in [0.2, 0.25) is 0 Å². The van der Waals surface area contributed by atoms with Gasteiger partial charge in [-0.1, -0.05) is 48.2 Å². The van der Waals surface area contributed by atoms with Crippen molar-refractivity contribution < 1.29 is 14.3 Å². The first-order valence-electron chi connectivity index (χ1n) is 6.14. The standard InChI is InChI=1S/C18H10O3/c19-17(13-11-15-7-3-1-4-8-15)21-18(20)14-12-16-9-5-2-6-10-16/h1-10H. The highest BCUT2D eigenvalue weighted by molar-refractivity contribution is 6.02. The highest BCUT2D eigenvalue weighted by Gasteiger charge is 2.03. The Morgan fingerprint density at radius 1 is 0.667 bits per heavy atom. The average molecular weight is 274 g/mol. The third-order valence-corrected chi connectivity index (χ3v) is 2.35. The van der Waals surface area contributed by atoms with Crippen LogP contribution in [0, 0.1) is 23.7 Å². The van der Waals surface area contributed by atoms with E-state index in [4.69, 9.17) is 0 Å². The molecular formula is C18H10O3. The van der Waals surface area contributed by atoms with E-state index in [2.05, 4.69) is 28.4 Å². The summed E-state index contributed by atoms with van der Waals surface area (Å²) in [5.74, 6) is 7.80. The molecule has 0 spiro atoms. The Morgan fingerprint density at radius 3 is 1.43 bits per heavy atom. The number of rotatable bonds is 0. The van der Waals surface area contributed by atoms with Crippen LogP contribution in [-0.2, 0) is 14.3 Å². The Kier molecular flexibility index (Phi) is 4.93. The topological polar surface area (TPSA) is 43.4 Å². The molecule has 21 heavy (non-hydrogen) atoms. The van der Waals surface area contributed by atoms with Crippen LogP contribution in [0.5, 0.6) is 0 Å². The molecule has 0 bridgehead atoms. The Balaban J connectivity index is 1.93. The van der Waals surface area contributed by atoms with E-state index in [1.165, 1.54) is 0 Å². The van der Waals surface area contributed by atoms with Crippen molar-refractivity contribution >= 4 is 11.9 Å². The SMILES string of the molecule is O=C(C#Cc1ccccc1)OC(=O)C#Cc1ccccc1. The van der Waals surface area contributed by atoms with Crippen molar-refractivity contribution in [3.05, 3.63) is 71.8 Å². The highest BCUT2D eigenvalue weighted by atomic mass is 16.6. The second-order valence-electron chi connectivity index (χ2n) is 3.91. The van der Waals surface area contributed by atoms with Gasteiger partial charge in [0.15, 0.2) is 0 Å². The minimum atomic E-state index is -0.925. The average Bonchev–Trinajstić information content (AvgIpc) is 2.53. The molecule has 0 radical (unpaired) electrons. The van der Waals surface area contributed by atoms with Gasteiger partial charge in [0, 0.05) is 23.0 Å². The number of benzene rings is 2. The number of carbonyl (C=O) groups excluding carboxylic acids is 2. The fraction of sp³-hybridized carbons (Fsp3) is 0. The van der Waals surface area contributed by atoms with Gasteiger partial charge in [0.25, 0.3) is 0 Å². The van der Waals surface area contributed by atoms with E-state index in [9.17, 15) is 9.59 Å². The maximum absolute atomic E-state index is 11.4. The number of esters is 2. The van der Waals surface area contributed by atoms with Gasteiger partial charge in [0.1, 0.15) is 0 Å². The summed E-state index contributed by atoms with van der Waals surface area (Å²) in [7, 11) is 0. The molecule has 0 N–H and O–H groups in total. The fourth-order valence-corrected chi connectivity index (χ4v) is 1.42. The van der Waals surface area contributed by atoms with Crippen LogP contribution < -0.4 is 0 Å². The zero-order valence-corrected chi connectivity index (χ0v) is 11.0. The summed E-state index contributed by atoms with van der Waals surface area (Å²) in [6, 6.07) is 17.9.